The maximum absolute atomic E-state index is 9.56. The van der Waals surface area contributed by atoms with Gasteiger partial charge in [-0.25, -0.2) is 0 Å². The van der Waals surface area contributed by atoms with Gasteiger partial charge in [0.2, 0.25) is 0 Å². The van der Waals surface area contributed by atoms with E-state index >= 15 is 0 Å². The van der Waals surface area contributed by atoms with Crippen LogP contribution in [0.4, 0.5) is 0 Å². The number of aliphatic hydroxyl groups is 1. The summed E-state index contributed by atoms with van der Waals surface area (Å²) in [5.41, 5.74) is 8.23. The van der Waals surface area contributed by atoms with Crippen molar-refractivity contribution in [3.8, 4) is 0 Å². The van der Waals surface area contributed by atoms with Crippen molar-refractivity contribution in [1.29, 1.82) is 0 Å². The molecule has 0 aliphatic heterocycles. The van der Waals surface area contributed by atoms with Crippen LogP contribution in [0.3, 0.4) is 0 Å². The summed E-state index contributed by atoms with van der Waals surface area (Å²) in [6.45, 7) is 4.94. The molecule has 0 aliphatic carbocycles. The molecule has 1 rings (SSSR count). The van der Waals surface area contributed by atoms with Crippen LogP contribution in [-0.4, -0.2) is 18.3 Å². The molecule has 0 amide bonds. The molecule has 0 heterocycles. The molecule has 0 aromatic heterocycles. The summed E-state index contributed by atoms with van der Waals surface area (Å²) in [6.07, 6.45) is 2.91. The van der Waals surface area contributed by atoms with Crippen molar-refractivity contribution in [2.45, 2.75) is 33.1 Å². The predicted molar refractivity (Wildman–Crippen MR) is 68.4 cm³/mol. The zero-order valence-electron chi connectivity index (χ0n) is 10.4. The molecule has 1 aromatic carbocycles. The second kappa shape index (κ2) is 6.02. The maximum atomic E-state index is 9.56. The highest BCUT2D eigenvalue weighted by molar-refractivity contribution is 5.23. The Morgan fingerprint density at radius 2 is 2.12 bits per heavy atom. The van der Waals surface area contributed by atoms with E-state index in [1.165, 1.54) is 11.1 Å². The van der Waals surface area contributed by atoms with Gasteiger partial charge >= 0.3 is 0 Å². The minimum atomic E-state index is -0.136. The van der Waals surface area contributed by atoms with Gasteiger partial charge in [0.05, 0.1) is 6.61 Å². The van der Waals surface area contributed by atoms with Crippen molar-refractivity contribution < 1.29 is 5.11 Å². The van der Waals surface area contributed by atoms with Crippen molar-refractivity contribution in [3.05, 3.63) is 35.4 Å². The van der Waals surface area contributed by atoms with Crippen molar-refractivity contribution in [3.63, 3.8) is 0 Å². The van der Waals surface area contributed by atoms with Crippen LogP contribution in [0.25, 0.3) is 0 Å². The van der Waals surface area contributed by atoms with Gasteiger partial charge in [-0.2, -0.15) is 0 Å². The van der Waals surface area contributed by atoms with Crippen LogP contribution < -0.4 is 5.73 Å². The summed E-state index contributed by atoms with van der Waals surface area (Å²) in [5.74, 6) is 0. The van der Waals surface area contributed by atoms with E-state index in [1.54, 1.807) is 0 Å². The largest absolute Gasteiger partial charge is 0.396 e. The fraction of sp³-hybridized carbons (Fsp3) is 0.571. The summed E-state index contributed by atoms with van der Waals surface area (Å²) in [7, 11) is 0. The molecule has 16 heavy (non-hydrogen) atoms. The van der Waals surface area contributed by atoms with Gasteiger partial charge < -0.3 is 10.8 Å². The normalized spacial score (nSPS) is 14.8. The summed E-state index contributed by atoms with van der Waals surface area (Å²) in [5, 5.41) is 9.56. The Bertz CT molecular complexity index is 318. The SMILES string of the molecule is CCCC(CN)(CO)Cc1cccc(C)c1. The van der Waals surface area contributed by atoms with E-state index in [9.17, 15) is 5.11 Å². The minimum absolute atomic E-state index is 0.136. The average Bonchev–Trinajstić information content (AvgIpc) is 2.28. The van der Waals surface area contributed by atoms with Gasteiger partial charge in [-0.1, -0.05) is 43.2 Å². The van der Waals surface area contributed by atoms with Gasteiger partial charge in [0.1, 0.15) is 0 Å². The van der Waals surface area contributed by atoms with Gasteiger partial charge in [-0.05, 0) is 25.3 Å². The first-order chi connectivity index (χ1) is 7.65. The fourth-order valence-electron chi connectivity index (χ4n) is 2.25. The Morgan fingerprint density at radius 1 is 1.38 bits per heavy atom. The lowest BCUT2D eigenvalue weighted by atomic mass is 9.78. The summed E-state index contributed by atoms with van der Waals surface area (Å²) in [6, 6.07) is 8.44. The highest BCUT2D eigenvalue weighted by atomic mass is 16.3. The molecule has 0 bridgehead atoms. The number of hydrogen-bond donors (Lipinski definition) is 2. The Balaban J connectivity index is 2.82. The number of aryl methyl sites for hydroxylation is 1. The number of nitrogens with two attached hydrogens (primary N) is 1. The molecule has 0 spiro atoms. The lowest BCUT2D eigenvalue weighted by Gasteiger charge is -2.30. The van der Waals surface area contributed by atoms with Crippen LogP contribution >= 0.6 is 0 Å². The Morgan fingerprint density at radius 3 is 2.62 bits per heavy atom. The quantitative estimate of drug-likeness (QED) is 0.774. The van der Waals surface area contributed by atoms with E-state index in [-0.39, 0.29) is 12.0 Å². The predicted octanol–water partition coefficient (Wildman–Crippen LogP) is 2.28. The average molecular weight is 221 g/mol. The maximum Gasteiger partial charge on any atom is 0.0502 e. The number of rotatable bonds is 6. The van der Waals surface area contributed by atoms with Crippen LogP contribution in [0, 0.1) is 12.3 Å². The van der Waals surface area contributed by atoms with Gasteiger partial charge in [-0.15, -0.1) is 0 Å². The Labute approximate surface area is 98.5 Å². The third kappa shape index (κ3) is 3.32. The zero-order valence-corrected chi connectivity index (χ0v) is 10.4. The van der Waals surface area contributed by atoms with Gasteiger partial charge in [0.15, 0.2) is 0 Å². The molecule has 0 aliphatic rings. The standard InChI is InChI=1S/C14H23NO/c1-3-7-14(10-15,11-16)9-13-6-4-5-12(2)8-13/h4-6,8,16H,3,7,9-11,15H2,1-2H3. The van der Waals surface area contributed by atoms with Gasteiger partial charge in [0, 0.05) is 12.0 Å². The van der Waals surface area contributed by atoms with Gasteiger partial charge in [-0.3, -0.25) is 0 Å². The minimum Gasteiger partial charge on any atom is -0.396 e. The number of aliphatic hydroxyl groups excluding tert-OH is 1. The molecule has 90 valence electrons. The van der Waals surface area contributed by atoms with Crippen LogP contribution in [-0.2, 0) is 6.42 Å². The van der Waals surface area contributed by atoms with Crippen molar-refractivity contribution in [2.75, 3.05) is 13.2 Å². The molecule has 0 radical (unpaired) electrons. The van der Waals surface area contributed by atoms with E-state index in [0.717, 1.165) is 19.3 Å². The molecule has 2 heteroatoms. The summed E-state index contributed by atoms with van der Waals surface area (Å²) >= 11 is 0. The monoisotopic (exact) mass is 221 g/mol. The second-order valence-corrected chi connectivity index (χ2v) is 4.78. The van der Waals surface area contributed by atoms with E-state index < -0.39 is 0 Å². The molecule has 0 fully saturated rings. The smallest absolute Gasteiger partial charge is 0.0502 e. The van der Waals surface area contributed by atoms with Crippen LogP contribution in [0.5, 0.6) is 0 Å². The highest BCUT2D eigenvalue weighted by Crippen LogP contribution is 2.27. The van der Waals surface area contributed by atoms with Crippen LogP contribution in [0.2, 0.25) is 0 Å². The molecule has 1 atom stereocenters. The lowest BCUT2D eigenvalue weighted by Crippen LogP contribution is -2.36. The zero-order chi connectivity index (χ0) is 12.0. The van der Waals surface area contributed by atoms with E-state index in [1.807, 2.05) is 0 Å². The second-order valence-electron chi connectivity index (χ2n) is 4.78. The molecular weight excluding hydrogens is 198 g/mol. The van der Waals surface area contributed by atoms with E-state index in [2.05, 4.69) is 38.1 Å². The first-order valence-electron chi connectivity index (χ1n) is 6.02. The molecule has 0 saturated heterocycles. The third-order valence-electron chi connectivity index (χ3n) is 3.21. The first kappa shape index (κ1) is 13.2. The molecule has 0 saturated carbocycles. The lowest BCUT2D eigenvalue weighted by molar-refractivity contribution is 0.121. The fourth-order valence-corrected chi connectivity index (χ4v) is 2.25. The third-order valence-corrected chi connectivity index (χ3v) is 3.21. The first-order valence-corrected chi connectivity index (χ1v) is 6.02. The Kier molecular flexibility index (Phi) is 4.97. The number of benzene rings is 1. The Hall–Kier alpha value is -0.860. The summed E-state index contributed by atoms with van der Waals surface area (Å²) < 4.78 is 0. The molecule has 1 unspecified atom stereocenters. The molecule has 2 nitrogen and oxygen atoms in total. The summed E-state index contributed by atoms with van der Waals surface area (Å²) in [4.78, 5) is 0. The van der Waals surface area contributed by atoms with Crippen molar-refractivity contribution in [2.24, 2.45) is 11.1 Å². The van der Waals surface area contributed by atoms with E-state index in [4.69, 9.17) is 5.73 Å². The molecule has 1 aromatic rings. The van der Waals surface area contributed by atoms with Crippen molar-refractivity contribution in [1.82, 2.24) is 0 Å². The van der Waals surface area contributed by atoms with Crippen LogP contribution in [0.15, 0.2) is 24.3 Å². The van der Waals surface area contributed by atoms with Crippen LogP contribution in [0.1, 0.15) is 30.9 Å². The van der Waals surface area contributed by atoms with Crippen molar-refractivity contribution >= 4 is 0 Å². The van der Waals surface area contributed by atoms with Gasteiger partial charge in [0.25, 0.3) is 0 Å². The number of hydrogen-bond acceptors (Lipinski definition) is 2. The topological polar surface area (TPSA) is 46.2 Å². The van der Waals surface area contributed by atoms with E-state index in [0.29, 0.717) is 6.54 Å². The highest BCUT2D eigenvalue weighted by Gasteiger charge is 2.27. The molecule has 3 N–H and O–H groups in total. The molecular formula is C14H23NO.